The zero-order chi connectivity index (χ0) is 9.97. The summed E-state index contributed by atoms with van der Waals surface area (Å²) < 4.78 is 0. The summed E-state index contributed by atoms with van der Waals surface area (Å²) in [5.74, 6) is 0.664. The zero-order valence-electron chi connectivity index (χ0n) is 8.49. The highest BCUT2D eigenvalue weighted by Gasteiger charge is 2.24. The van der Waals surface area contributed by atoms with E-state index in [0.717, 1.165) is 37.1 Å². The number of carbonyl (C=O) groups excluding carboxylic acids is 1. The number of aromatic nitrogens is 1. The largest absolute Gasteiger partial charge is 0.299 e. The van der Waals surface area contributed by atoms with Gasteiger partial charge in [-0.3, -0.25) is 9.78 Å². The van der Waals surface area contributed by atoms with Gasteiger partial charge in [-0.25, -0.2) is 0 Å². The monoisotopic (exact) mass is 189 g/mol. The fraction of sp³-hybridized carbons (Fsp3) is 0.500. The Kier molecular flexibility index (Phi) is 2.62. The molecule has 2 rings (SSSR count). The molecule has 1 saturated carbocycles. The Balaban J connectivity index is 2.07. The Morgan fingerprint density at radius 3 is 3.00 bits per heavy atom. The van der Waals surface area contributed by atoms with E-state index in [1.165, 1.54) is 0 Å². The lowest BCUT2D eigenvalue weighted by atomic mass is 10.0. The van der Waals surface area contributed by atoms with Gasteiger partial charge in [0, 0.05) is 23.7 Å². The Bertz CT molecular complexity index is 346. The van der Waals surface area contributed by atoms with Gasteiger partial charge in [0.2, 0.25) is 0 Å². The van der Waals surface area contributed by atoms with Crippen molar-refractivity contribution in [1.82, 2.24) is 4.98 Å². The minimum atomic E-state index is 0.240. The average molecular weight is 189 g/mol. The van der Waals surface area contributed by atoms with Crippen molar-refractivity contribution in [3.8, 4) is 0 Å². The first-order valence-electron chi connectivity index (χ1n) is 5.21. The van der Waals surface area contributed by atoms with Crippen LogP contribution in [-0.2, 0) is 11.2 Å². The van der Waals surface area contributed by atoms with Gasteiger partial charge in [0.1, 0.15) is 5.78 Å². The molecule has 1 unspecified atom stereocenters. The van der Waals surface area contributed by atoms with Gasteiger partial charge in [0.05, 0.1) is 0 Å². The van der Waals surface area contributed by atoms with Crippen LogP contribution in [0.1, 0.15) is 30.7 Å². The molecule has 0 radical (unpaired) electrons. The smallest absolute Gasteiger partial charge is 0.136 e. The van der Waals surface area contributed by atoms with E-state index in [1.54, 1.807) is 0 Å². The molecule has 1 aliphatic rings. The summed E-state index contributed by atoms with van der Waals surface area (Å²) in [6.45, 7) is 1.99. The number of nitrogens with zero attached hydrogens (tertiary/aromatic N) is 1. The molecule has 0 aliphatic heterocycles. The summed E-state index contributed by atoms with van der Waals surface area (Å²) in [6.07, 6.45) is 3.72. The Morgan fingerprint density at radius 1 is 1.50 bits per heavy atom. The number of hydrogen-bond donors (Lipinski definition) is 0. The van der Waals surface area contributed by atoms with Crippen LogP contribution in [-0.4, -0.2) is 10.8 Å². The number of carbonyl (C=O) groups is 1. The van der Waals surface area contributed by atoms with Crippen LogP contribution in [0.25, 0.3) is 0 Å². The van der Waals surface area contributed by atoms with E-state index in [1.807, 2.05) is 25.1 Å². The highest BCUT2D eigenvalue weighted by atomic mass is 16.1. The second-order valence-electron chi connectivity index (χ2n) is 4.03. The zero-order valence-corrected chi connectivity index (χ0v) is 8.49. The van der Waals surface area contributed by atoms with Crippen LogP contribution >= 0.6 is 0 Å². The van der Waals surface area contributed by atoms with Gasteiger partial charge in [-0.2, -0.15) is 0 Å². The highest BCUT2D eigenvalue weighted by molar-refractivity contribution is 5.83. The number of rotatable bonds is 2. The van der Waals surface area contributed by atoms with Gasteiger partial charge < -0.3 is 0 Å². The minimum Gasteiger partial charge on any atom is -0.299 e. The second-order valence-corrected chi connectivity index (χ2v) is 4.03. The molecule has 1 atom stereocenters. The summed E-state index contributed by atoms with van der Waals surface area (Å²) in [5, 5.41) is 0. The maximum Gasteiger partial charge on any atom is 0.136 e. The van der Waals surface area contributed by atoms with Crippen molar-refractivity contribution >= 4 is 5.78 Å². The van der Waals surface area contributed by atoms with Crippen molar-refractivity contribution in [3.05, 3.63) is 29.6 Å². The molecule has 1 heterocycles. The minimum absolute atomic E-state index is 0.240. The Morgan fingerprint density at radius 2 is 2.36 bits per heavy atom. The molecule has 1 aromatic heterocycles. The van der Waals surface area contributed by atoms with Crippen LogP contribution in [0.3, 0.4) is 0 Å². The molecule has 0 bridgehead atoms. The van der Waals surface area contributed by atoms with E-state index >= 15 is 0 Å². The van der Waals surface area contributed by atoms with Crippen LogP contribution < -0.4 is 0 Å². The molecular weight excluding hydrogens is 174 g/mol. The standard InChI is InChI=1S/C12H15NO/c1-9-4-2-6-11(13-9)8-10-5-3-7-12(10)14/h2,4,6,10H,3,5,7-8H2,1H3. The van der Waals surface area contributed by atoms with Gasteiger partial charge in [0.25, 0.3) is 0 Å². The van der Waals surface area contributed by atoms with Gasteiger partial charge in [0.15, 0.2) is 0 Å². The molecule has 2 heteroatoms. The van der Waals surface area contributed by atoms with E-state index in [4.69, 9.17) is 0 Å². The predicted molar refractivity (Wildman–Crippen MR) is 55.0 cm³/mol. The first-order chi connectivity index (χ1) is 6.75. The van der Waals surface area contributed by atoms with Crippen LogP contribution in [0.4, 0.5) is 0 Å². The normalized spacial score (nSPS) is 21.5. The molecule has 14 heavy (non-hydrogen) atoms. The second kappa shape index (κ2) is 3.91. The SMILES string of the molecule is Cc1cccc(CC2CCCC2=O)n1. The Labute approximate surface area is 84.4 Å². The summed E-state index contributed by atoms with van der Waals surface area (Å²) in [5.41, 5.74) is 2.10. The van der Waals surface area contributed by atoms with Gasteiger partial charge >= 0.3 is 0 Å². The first kappa shape index (κ1) is 9.38. The van der Waals surface area contributed by atoms with Crippen LogP contribution in [0.5, 0.6) is 0 Å². The third-order valence-corrected chi connectivity index (χ3v) is 2.83. The quantitative estimate of drug-likeness (QED) is 0.714. The van der Waals surface area contributed by atoms with Crippen molar-refractivity contribution in [2.75, 3.05) is 0 Å². The number of ketones is 1. The molecule has 0 N–H and O–H groups in total. The Hall–Kier alpha value is -1.18. The molecular formula is C12H15NO. The van der Waals surface area contributed by atoms with Gasteiger partial charge in [-0.15, -0.1) is 0 Å². The van der Waals surface area contributed by atoms with Gasteiger partial charge in [-0.1, -0.05) is 6.07 Å². The van der Waals surface area contributed by atoms with Crippen molar-refractivity contribution in [2.45, 2.75) is 32.6 Å². The topological polar surface area (TPSA) is 30.0 Å². The molecule has 1 aromatic rings. The summed E-state index contributed by atoms with van der Waals surface area (Å²) in [6, 6.07) is 6.01. The van der Waals surface area contributed by atoms with Crippen LogP contribution in [0.2, 0.25) is 0 Å². The molecule has 1 fully saturated rings. The molecule has 0 amide bonds. The number of pyridine rings is 1. The average Bonchev–Trinajstić information content (AvgIpc) is 2.52. The molecule has 0 saturated heterocycles. The van der Waals surface area contributed by atoms with Crippen molar-refractivity contribution < 1.29 is 4.79 Å². The van der Waals surface area contributed by atoms with E-state index in [9.17, 15) is 4.79 Å². The maximum atomic E-state index is 11.4. The molecule has 1 aliphatic carbocycles. The fourth-order valence-electron chi connectivity index (χ4n) is 2.07. The lowest BCUT2D eigenvalue weighted by molar-refractivity contribution is -0.120. The lowest BCUT2D eigenvalue weighted by Crippen LogP contribution is -2.10. The highest BCUT2D eigenvalue weighted by Crippen LogP contribution is 2.24. The third-order valence-electron chi connectivity index (χ3n) is 2.83. The van der Waals surface area contributed by atoms with Crippen LogP contribution in [0.15, 0.2) is 18.2 Å². The molecule has 0 spiro atoms. The van der Waals surface area contributed by atoms with Crippen molar-refractivity contribution in [3.63, 3.8) is 0 Å². The van der Waals surface area contributed by atoms with E-state index in [-0.39, 0.29) is 5.92 Å². The first-order valence-corrected chi connectivity index (χ1v) is 5.21. The third kappa shape index (κ3) is 2.00. The van der Waals surface area contributed by atoms with Gasteiger partial charge in [-0.05, 0) is 38.3 Å². The number of Topliss-reactive ketones (excluding diaryl/α,β-unsaturated/α-hetero) is 1. The molecule has 2 nitrogen and oxygen atoms in total. The van der Waals surface area contributed by atoms with Crippen molar-refractivity contribution in [1.29, 1.82) is 0 Å². The summed E-state index contributed by atoms with van der Waals surface area (Å²) in [4.78, 5) is 15.9. The molecule has 0 aromatic carbocycles. The maximum absolute atomic E-state index is 11.4. The lowest BCUT2D eigenvalue weighted by Gasteiger charge is -2.07. The molecule has 74 valence electrons. The summed E-state index contributed by atoms with van der Waals surface area (Å²) in [7, 11) is 0. The predicted octanol–water partition coefficient (Wildman–Crippen LogP) is 2.30. The summed E-state index contributed by atoms with van der Waals surface area (Å²) >= 11 is 0. The van der Waals surface area contributed by atoms with E-state index in [0.29, 0.717) is 5.78 Å². The van der Waals surface area contributed by atoms with E-state index < -0.39 is 0 Å². The van der Waals surface area contributed by atoms with Crippen LogP contribution in [0, 0.1) is 12.8 Å². The van der Waals surface area contributed by atoms with Crippen molar-refractivity contribution in [2.24, 2.45) is 5.92 Å². The number of hydrogen-bond acceptors (Lipinski definition) is 2. The fourth-order valence-corrected chi connectivity index (χ4v) is 2.07. The number of aryl methyl sites for hydroxylation is 1. The van der Waals surface area contributed by atoms with E-state index in [2.05, 4.69) is 4.98 Å².